The quantitative estimate of drug-likeness (QED) is 0.586. The Morgan fingerprint density at radius 2 is 2.00 bits per heavy atom. The minimum absolute atomic E-state index is 0.429. The van der Waals surface area contributed by atoms with E-state index in [4.69, 9.17) is 0 Å². The summed E-state index contributed by atoms with van der Waals surface area (Å²) in [5.41, 5.74) is 0. The van der Waals surface area contributed by atoms with Gasteiger partial charge < -0.3 is 5.11 Å². The molecule has 0 amide bonds. The van der Waals surface area contributed by atoms with Gasteiger partial charge in [0.15, 0.2) is 0 Å². The summed E-state index contributed by atoms with van der Waals surface area (Å²) < 4.78 is 0. The number of aliphatic hydroxyl groups excluding tert-OH is 1. The first-order valence-corrected chi connectivity index (χ1v) is 5.19. The topological polar surface area (TPSA) is 20.2 Å². The van der Waals surface area contributed by atoms with Crippen molar-refractivity contribution < 1.29 is 5.11 Å². The van der Waals surface area contributed by atoms with Gasteiger partial charge in [-0.15, -0.1) is 0 Å². The van der Waals surface area contributed by atoms with Gasteiger partial charge in [-0.1, -0.05) is 12.2 Å². The van der Waals surface area contributed by atoms with Crippen LogP contribution in [0, 0.1) is 29.6 Å². The summed E-state index contributed by atoms with van der Waals surface area (Å²) >= 11 is 0. The van der Waals surface area contributed by atoms with E-state index in [9.17, 15) is 5.11 Å². The molecule has 0 saturated heterocycles. The number of allylic oxidation sites excluding steroid dienone is 2. The highest BCUT2D eigenvalue weighted by Gasteiger charge is 2.50. The number of hydrogen-bond donors (Lipinski definition) is 1. The van der Waals surface area contributed by atoms with Gasteiger partial charge in [-0.05, 0) is 48.9 Å². The highest BCUT2D eigenvalue weighted by molar-refractivity contribution is 5.16. The van der Waals surface area contributed by atoms with Crippen molar-refractivity contribution in [3.63, 3.8) is 0 Å². The van der Waals surface area contributed by atoms with E-state index >= 15 is 0 Å². The van der Waals surface area contributed by atoms with Gasteiger partial charge in [0.05, 0.1) is 0 Å². The van der Waals surface area contributed by atoms with Crippen molar-refractivity contribution in [2.75, 3.05) is 6.61 Å². The molecule has 2 saturated carbocycles. The predicted octanol–water partition coefficient (Wildman–Crippen LogP) is 1.83. The molecule has 66 valence electrons. The van der Waals surface area contributed by atoms with Crippen LogP contribution in [0.2, 0.25) is 0 Å². The highest BCUT2D eigenvalue weighted by Crippen LogP contribution is 2.57. The summed E-state index contributed by atoms with van der Waals surface area (Å²) in [6, 6.07) is 0. The Morgan fingerprint density at radius 3 is 2.83 bits per heavy atom. The van der Waals surface area contributed by atoms with Gasteiger partial charge in [0.2, 0.25) is 0 Å². The van der Waals surface area contributed by atoms with Crippen molar-refractivity contribution in [2.24, 2.45) is 29.6 Å². The second-order valence-corrected chi connectivity index (χ2v) is 4.71. The van der Waals surface area contributed by atoms with Crippen LogP contribution >= 0.6 is 0 Å². The van der Waals surface area contributed by atoms with Crippen LogP contribution in [-0.2, 0) is 0 Å². The summed E-state index contributed by atoms with van der Waals surface area (Å²) in [6.07, 6.45) is 8.87. The van der Waals surface area contributed by atoms with E-state index < -0.39 is 0 Å². The normalized spacial score (nSPS) is 54.9. The molecule has 5 atom stereocenters. The summed E-state index contributed by atoms with van der Waals surface area (Å²) in [6.45, 7) is 0.429. The van der Waals surface area contributed by atoms with Crippen molar-refractivity contribution in [2.45, 2.75) is 19.3 Å². The molecule has 0 unspecified atom stereocenters. The summed E-state index contributed by atoms with van der Waals surface area (Å²) in [5, 5.41) is 9.22. The maximum atomic E-state index is 9.22. The van der Waals surface area contributed by atoms with Crippen LogP contribution < -0.4 is 0 Å². The SMILES string of the molecule is OC[C@H]1CC[C@H]2[C@@H]1[C@@H]1C=C[C@H]2C1. The molecule has 0 spiro atoms. The van der Waals surface area contributed by atoms with E-state index in [2.05, 4.69) is 12.2 Å². The Bertz CT molecular complexity index is 221. The Morgan fingerprint density at radius 1 is 1.17 bits per heavy atom. The van der Waals surface area contributed by atoms with Gasteiger partial charge in [0, 0.05) is 6.61 Å². The van der Waals surface area contributed by atoms with Crippen molar-refractivity contribution in [3.8, 4) is 0 Å². The molecule has 1 heteroatoms. The number of fused-ring (bicyclic) bond motifs is 5. The molecule has 0 aromatic carbocycles. The molecular weight excluding hydrogens is 148 g/mol. The van der Waals surface area contributed by atoms with Gasteiger partial charge in [0.1, 0.15) is 0 Å². The molecule has 3 aliphatic rings. The van der Waals surface area contributed by atoms with Crippen LogP contribution in [-0.4, -0.2) is 11.7 Å². The van der Waals surface area contributed by atoms with Gasteiger partial charge >= 0.3 is 0 Å². The summed E-state index contributed by atoms with van der Waals surface area (Å²) in [4.78, 5) is 0. The molecule has 1 N–H and O–H groups in total. The average Bonchev–Trinajstić information content (AvgIpc) is 2.76. The molecule has 1 nitrogen and oxygen atoms in total. The fourth-order valence-corrected chi connectivity index (χ4v) is 3.88. The molecule has 0 aromatic heterocycles. The van der Waals surface area contributed by atoms with Gasteiger partial charge in [0.25, 0.3) is 0 Å². The van der Waals surface area contributed by atoms with E-state index in [1.54, 1.807) is 0 Å². The molecule has 0 aliphatic heterocycles. The Labute approximate surface area is 73.5 Å². The van der Waals surface area contributed by atoms with Crippen molar-refractivity contribution in [1.82, 2.24) is 0 Å². The summed E-state index contributed by atoms with van der Waals surface area (Å²) in [7, 11) is 0. The lowest BCUT2D eigenvalue weighted by molar-refractivity contribution is 0.169. The third kappa shape index (κ3) is 0.731. The van der Waals surface area contributed by atoms with Crippen LogP contribution in [0.1, 0.15) is 19.3 Å². The molecule has 2 bridgehead atoms. The molecule has 12 heavy (non-hydrogen) atoms. The fraction of sp³-hybridized carbons (Fsp3) is 0.818. The smallest absolute Gasteiger partial charge is 0.0462 e. The Hall–Kier alpha value is -0.300. The minimum Gasteiger partial charge on any atom is -0.396 e. The van der Waals surface area contributed by atoms with Gasteiger partial charge in [-0.25, -0.2) is 0 Å². The first-order valence-electron chi connectivity index (χ1n) is 5.19. The average molecular weight is 164 g/mol. The zero-order chi connectivity index (χ0) is 8.13. The lowest BCUT2D eigenvalue weighted by Gasteiger charge is -2.24. The van der Waals surface area contributed by atoms with Crippen LogP contribution in [0.5, 0.6) is 0 Å². The predicted molar refractivity (Wildman–Crippen MR) is 47.5 cm³/mol. The first-order chi connectivity index (χ1) is 5.90. The van der Waals surface area contributed by atoms with E-state index in [1.807, 2.05) is 0 Å². The standard InChI is InChI=1S/C11H16O/c12-6-9-3-4-10-7-1-2-8(5-7)11(9)10/h1-2,7-12H,3-6H2/t7-,8+,9+,10+,11+/m0/s1. The zero-order valence-corrected chi connectivity index (χ0v) is 7.32. The maximum Gasteiger partial charge on any atom is 0.0462 e. The largest absolute Gasteiger partial charge is 0.396 e. The Balaban J connectivity index is 1.89. The molecule has 0 radical (unpaired) electrons. The number of aliphatic hydroxyl groups is 1. The second kappa shape index (κ2) is 2.35. The van der Waals surface area contributed by atoms with Crippen LogP contribution in [0.3, 0.4) is 0 Å². The van der Waals surface area contributed by atoms with E-state index in [1.165, 1.54) is 19.3 Å². The third-order valence-corrected chi connectivity index (χ3v) is 4.34. The monoisotopic (exact) mass is 164 g/mol. The molecule has 0 heterocycles. The van der Waals surface area contributed by atoms with E-state index in [0.29, 0.717) is 12.5 Å². The molecular formula is C11H16O. The van der Waals surface area contributed by atoms with E-state index in [-0.39, 0.29) is 0 Å². The van der Waals surface area contributed by atoms with Gasteiger partial charge in [-0.2, -0.15) is 0 Å². The van der Waals surface area contributed by atoms with Crippen LogP contribution in [0.25, 0.3) is 0 Å². The molecule has 2 fully saturated rings. The van der Waals surface area contributed by atoms with E-state index in [0.717, 1.165) is 23.7 Å². The number of rotatable bonds is 1. The second-order valence-electron chi connectivity index (χ2n) is 4.71. The third-order valence-electron chi connectivity index (χ3n) is 4.34. The molecule has 3 aliphatic carbocycles. The molecule has 3 rings (SSSR count). The van der Waals surface area contributed by atoms with Crippen LogP contribution in [0.15, 0.2) is 12.2 Å². The minimum atomic E-state index is 0.429. The highest BCUT2D eigenvalue weighted by atomic mass is 16.3. The van der Waals surface area contributed by atoms with Crippen molar-refractivity contribution >= 4 is 0 Å². The van der Waals surface area contributed by atoms with Crippen molar-refractivity contribution in [1.29, 1.82) is 0 Å². The Kier molecular flexibility index (Phi) is 1.40. The lowest BCUT2D eigenvalue weighted by atomic mass is 9.82. The first kappa shape index (κ1) is 7.14. The number of hydrogen-bond acceptors (Lipinski definition) is 1. The fourth-order valence-electron chi connectivity index (χ4n) is 3.88. The molecule has 0 aromatic rings. The maximum absolute atomic E-state index is 9.22. The lowest BCUT2D eigenvalue weighted by Crippen LogP contribution is -2.21. The van der Waals surface area contributed by atoms with Crippen LogP contribution in [0.4, 0.5) is 0 Å². The summed E-state index contributed by atoms with van der Waals surface area (Å²) in [5.74, 6) is 4.15. The van der Waals surface area contributed by atoms with Crippen molar-refractivity contribution in [3.05, 3.63) is 12.2 Å². The zero-order valence-electron chi connectivity index (χ0n) is 7.32. The van der Waals surface area contributed by atoms with Gasteiger partial charge in [-0.3, -0.25) is 0 Å².